The Morgan fingerprint density at radius 2 is 1.72 bits per heavy atom. The van der Waals surface area contributed by atoms with Crippen LogP contribution in [-0.2, 0) is 13.1 Å². The number of fused-ring (bicyclic) bond motifs is 2. The van der Waals surface area contributed by atoms with Crippen molar-refractivity contribution in [3.05, 3.63) is 53.6 Å². The van der Waals surface area contributed by atoms with Gasteiger partial charge >= 0.3 is 0 Å². The molecule has 2 heterocycles. The maximum atomic E-state index is 13.0. The molecule has 3 aromatic rings. The first kappa shape index (κ1) is 18.6. The number of hydrogen-bond donors (Lipinski definition) is 1. The quantitative estimate of drug-likeness (QED) is 0.724. The normalized spacial score (nSPS) is 12.7. The molecule has 9 heteroatoms. The summed E-state index contributed by atoms with van der Waals surface area (Å²) in [5, 5.41) is 6.41. The number of hydrogen-bond acceptors (Lipinski definition) is 7. The molecule has 0 unspecified atom stereocenters. The van der Waals surface area contributed by atoms with Crippen LogP contribution >= 0.6 is 0 Å². The van der Waals surface area contributed by atoms with Gasteiger partial charge in [0, 0.05) is 23.3 Å². The van der Waals surface area contributed by atoms with Crippen molar-refractivity contribution in [2.75, 3.05) is 21.3 Å². The highest BCUT2D eigenvalue weighted by atomic mass is 16.5. The predicted molar refractivity (Wildman–Crippen MR) is 103 cm³/mol. The van der Waals surface area contributed by atoms with Crippen molar-refractivity contribution in [3.63, 3.8) is 0 Å². The Kier molecular flexibility index (Phi) is 4.94. The van der Waals surface area contributed by atoms with Gasteiger partial charge in [0.1, 0.15) is 23.6 Å². The number of nitrogens with zero attached hydrogens (tertiary/aromatic N) is 3. The average Bonchev–Trinajstić information content (AvgIpc) is 3.27. The summed E-state index contributed by atoms with van der Waals surface area (Å²) in [5.41, 5.74) is 1.60. The third-order valence-corrected chi connectivity index (χ3v) is 4.69. The Hall–Kier alpha value is -3.75. The van der Waals surface area contributed by atoms with Crippen LogP contribution in [0.2, 0.25) is 0 Å². The third kappa shape index (κ3) is 3.54. The first-order valence-electron chi connectivity index (χ1n) is 8.87. The largest absolute Gasteiger partial charge is 0.497 e. The summed E-state index contributed by atoms with van der Waals surface area (Å²) in [7, 11) is 4.71. The minimum atomic E-state index is -0.271. The molecule has 29 heavy (non-hydrogen) atoms. The van der Waals surface area contributed by atoms with Gasteiger partial charge in [-0.3, -0.25) is 9.89 Å². The second-order valence-electron chi connectivity index (χ2n) is 6.39. The summed E-state index contributed by atoms with van der Waals surface area (Å²) in [6.45, 7) is 0.618. The molecule has 0 radical (unpaired) electrons. The van der Waals surface area contributed by atoms with Gasteiger partial charge in [0.2, 0.25) is 5.82 Å². The molecule has 1 aromatic heterocycles. The first-order chi connectivity index (χ1) is 14.1. The average molecular weight is 396 g/mol. The Balaban J connectivity index is 1.83. The molecule has 0 fully saturated rings. The van der Waals surface area contributed by atoms with Crippen LogP contribution < -0.4 is 18.9 Å². The Bertz CT molecular complexity index is 1040. The van der Waals surface area contributed by atoms with E-state index in [2.05, 4.69) is 15.2 Å². The molecule has 0 saturated heterocycles. The van der Waals surface area contributed by atoms with Crippen molar-refractivity contribution >= 4 is 5.91 Å². The maximum Gasteiger partial charge on any atom is 0.291 e. The minimum absolute atomic E-state index is 0.170. The van der Waals surface area contributed by atoms with E-state index in [-0.39, 0.29) is 11.7 Å². The van der Waals surface area contributed by atoms with Crippen LogP contribution in [0.25, 0.3) is 0 Å². The lowest BCUT2D eigenvalue weighted by atomic mass is 10.1. The van der Waals surface area contributed by atoms with Crippen LogP contribution in [0.4, 0.5) is 0 Å². The topological polar surface area (TPSA) is 98.8 Å². The number of amides is 1. The van der Waals surface area contributed by atoms with Crippen molar-refractivity contribution in [2.24, 2.45) is 0 Å². The van der Waals surface area contributed by atoms with Crippen LogP contribution in [0.3, 0.4) is 0 Å². The number of H-pyrrole nitrogens is 1. The van der Waals surface area contributed by atoms with E-state index < -0.39 is 0 Å². The standard InChI is InChI=1S/C20H20N4O5/c1-26-14-5-4-12-9-24(20(25)19-21-11-22-23-19)10-13-6-17(27-2)18(28-3)8-16(13)29-15(12)7-14/h4-8,11H,9-10H2,1-3H3,(H,21,22,23). The van der Waals surface area contributed by atoms with Crippen molar-refractivity contribution in [1.29, 1.82) is 0 Å². The maximum absolute atomic E-state index is 13.0. The number of benzene rings is 2. The van der Waals surface area contributed by atoms with Crippen LogP contribution in [0.5, 0.6) is 28.7 Å². The van der Waals surface area contributed by atoms with Crippen LogP contribution in [0.15, 0.2) is 36.7 Å². The second-order valence-corrected chi connectivity index (χ2v) is 6.39. The van der Waals surface area contributed by atoms with E-state index in [9.17, 15) is 4.79 Å². The predicted octanol–water partition coefficient (Wildman–Crippen LogP) is 2.78. The first-order valence-corrected chi connectivity index (χ1v) is 8.87. The van der Waals surface area contributed by atoms with E-state index in [4.69, 9.17) is 18.9 Å². The van der Waals surface area contributed by atoms with Crippen LogP contribution in [0, 0.1) is 0 Å². The molecule has 4 rings (SSSR count). The molecule has 0 bridgehead atoms. The van der Waals surface area contributed by atoms with Gasteiger partial charge in [-0.2, -0.15) is 5.10 Å². The highest BCUT2D eigenvalue weighted by Crippen LogP contribution is 2.41. The molecule has 1 N–H and O–H groups in total. The summed E-state index contributed by atoms with van der Waals surface area (Å²) < 4.78 is 22.3. The number of carbonyl (C=O) groups excluding carboxylic acids is 1. The molecule has 1 aliphatic heterocycles. The van der Waals surface area contributed by atoms with Gasteiger partial charge in [-0.15, -0.1) is 0 Å². The summed E-state index contributed by atoms with van der Waals surface area (Å²) in [4.78, 5) is 18.7. The number of nitrogens with one attached hydrogen (secondary N) is 1. The zero-order valence-electron chi connectivity index (χ0n) is 16.3. The van der Waals surface area contributed by atoms with Gasteiger partial charge in [-0.25, -0.2) is 4.98 Å². The third-order valence-electron chi connectivity index (χ3n) is 4.69. The molecule has 1 amide bonds. The fourth-order valence-electron chi connectivity index (χ4n) is 3.20. The minimum Gasteiger partial charge on any atom is -0.497 e. The van der Waals surface area contributed by atoms with Gasteiger partial charge in [0.25, 0.3) is 5.91 Å². The highest BCUT2D eigenvalue weighted by Gasteiger charge is 2.26. The molecule has 2 aromatic carbocycles. The number of methoxy groups -OCH3 is 3. The van der Waals surface area contributed by atoms with Crippen LogP contribution in [-0.4, -0.2) is 47.3 Å². The molecule has 0 saturated carbocycles. The summed E-state index contributed by atoms with van der Waals surface area (Å²) in [6, 6.07) is 9.05. The Morgan fingerprint density at radius 1 is 1.00 bits per heavy atom. The van der Waals surface area contributed by atoms with Crippen molar-refractivity contribution in [2.45, 2.75) is 13.1 Å². The number of rotatable bonds is 4. The lowest BCUT2D eigenvalue weighted by Gasteiger charge is -2.28. The zero-order chi connectivity index (χ0) is 20.4. The Labute approximate surface area is 167 Å². The van der Waals surface area contributed by atoms with E-state index >= 15 is 0 Å². The SMILES string of the molecule is COc1ccc2c(c1)Oc1cc(OC)c(OC)cc1CN(C(=O)c1ncn[nH]1)C2. The summed E-state index contributed by atoms with van der Waals surface area (Å²) >= 11 is 0. The monoisotopic (exact) mass is 396 g/mol. The van der Waals surface area contributed by atoms with E-state index in [1.54, 1.807) is 44.4 Å². The molecule has 1 aliphatic rings. The fourth-order valence-corrected chi connectivity index (χ4v) is 3.20. The molecular weight excluding hydrogens is 376 g/mol. The fraction of sp³-hybridized carbons (Fsp3) is 0.250. The Morgan fingerprint density at radius 3 is 2.41 bits per heavy atom. The molecule has 150 valence electrons. The number of carbonyl (C=O) groups is 1. The summed E-state index contributed by atoms with van der Waals surface area (Å²) in [5.74, 6) is 2.78. The number of aromatic amines is 1. The van der Waals surface area contributed by atoms with E-state index in [1.807, 2.05) is 12.1 Å². The van der Waals surface area contributed by atoms with E-state index in [1.165, 1.54) is 6.33 Å². The van der Waals surface area contributed by atoms with Gasteiger partial charge < -0.3 is 23.8 Å². The molecule has 0 aliphatic carbocycles. The number of ether oxygens (including phenoxy) is 4. The van der Waals surface area contributed by atoms with E-state index in [0.29, 0.717) is 41.8 Å². The molecule has 0 spiro atoms. The van der Waals surface area contributed by atoms with Gasteiger partial charge in [0.05, 0.1) is 34.4 Å². The lowest BCUT2D eigenvalue weighted by molar-refractivity contribution is 0.0713. The van der Waals surface area contributed by atoms with Gasteiger partial charge in [0.15, 0.2) is 11.5 Å². The summed E-state index contributed by atoms with van der Waals surface area (Å²) in [6.07, 6.45) is 1.31. The van der Waals surface area contributed by atoms with Gasteiger partial charge in [-0.1, -0.05) is 0 Å². The zero-order valence-corrected chi connectivity index (χ0v) is 16.3. The second kappa shape index (κ2) is 7.70. The van der Waals surface area contributed by atoms with E-state index in [0.717, 1.165) is 11.1 Å². The van der Waals surface area contributed by atoms with Gasteiger partial charge in [-0.05, 0) is 18.2 Å². The molecule has 9 nitrogen and oxygen atoms in total. The molecule has 0 atom stereocenters. The van der Waals surface area contributed by atoms with Crippen LogP contribution in [0.1, 0.15) is 21.7 Å². The van der Waals surface area contributed by atoms with Crippen molar-refractivity contribution in [3.8, 4) is 28.7 Å². The lowest BCUT2D eigenvalue weighted by Crippen LogP contribution is -2.32. The molecular formula is C20H20N4O5. The smallest absolute Gasteiger partial charge is 0.291 e. The van der Waals surface area contributed by atoms with Crippen molar-refractivity contribution < 1.29 is 23.7 Å². The highest BCUT2D eigenvalue weighted by molar-refractivity contribution is 5.90. The van der Waals surface area contributed by atoms with Crippen molar-refractivity contribution in [1.82, 2.24) is 20.1 Å². The number of aromatic nitrogens is 3.